The highest BCUT2D eigenvalue weighted by atomic mass is 35.5. The predicted octanol–water partition coefficient (Wildman–Crippen LogP) is 4.60. The second kappa shape index (κ2) is 7.81. The fourth-order valence-corrected chi connectivity index (χ4v) is 2.51. The summed E-state index contributed by atoms with van der Waals surface area (Å²) in [5, 5.41) is 4.58. The first-order valence-electron chi connectivity index (χ1n) is 7.83. The largest absolute Gasteiger partial charge is 0.455 e. The van der Waals surface area contributed by atoms with Crippen LogP contribution in [0.15, 0.2) is 70.2 Å². The zero-order valence-electron chi connectivity index (χ0n) is 13.7. The van der Waals surface area contributed by atoms with E-state index in [0.717, 1.165) is 16.7 Å². The molecule has 2 aromatic carbocycles. The van der Waals surface area contributed by atoms with Gasteiger partial charge in [-0.2, -0.15) is 5.10 Å². The van der Waals surface area contributed by atoms with E-state index < -0.39 is 0 Å². The zero-order valence-corrected chi connectivity index (χ0v) is 14.5. The summed E-state index contributed by atoms with van der Waals surface area (Å²) >= 11 is 5.98. The monoisotopic (exact) mass is 352 g/mol. The number of halogens is 1. The summed E-state index contributed by atoms with van der Waals surface area (Å²) in [6, 6.07) is 18.8. The van der Waals surface area contributed by atoms with Crippen LogP contribution in [0.5, 0.6) is 0 Å². The highest BCUT2D eigenvalue weighted by Gasteiger charge is 2.05. The van der Waals surface area contributed by atoms with Gasteiger partial charge in [0.25, 0.3) is 0 Å². The molecule has 0 aliphatic rings. The molecule has 5 heteroatoms. The molecule has 1 N–H and O–H groups in total. The number of carbonyl (C=O) groups is 1. The van der Waals surface area contributed by atoms with Gasteiger partial charge in [0.2, 0.25) is 5.91 Å². The Hall–Kier alpha value is -2.85. The van der Waals surface area contributed by atoms with Crippen LogP contribution in [0.25, 0.3) is 11.3 Å². The minimum Gasteiger partial charge on any atom is -0.455 e. The van der Waals surface area contributed by atoms with Gasteiger partial charge in [-0.3, -0.25) is 4.79 Å². The quantitative estimate of drug-likeness (QED) is 0.539. The lowest BCUT2D eigenvalue weighted by molar-refractivity contribution is -0.120. The van der Waals surface area contributed by atoms with Crippen molar-refractivity contribution in [3.8, 4) is 11.3 Å². The second-order valence-corrected chi connectivity index (χ2v) is 6.10. The average Bonchev–Trinajstić information content (AvgIpc) is 3.06. The predicted molar refractivity (Wildman–Crippen MR) is 99.8 cm³/mol. The molecule has 0 radical (unpaired) electrons. The van der Waals surface area contributed by atoms with E-state index in [0.29, 0.717) is 16.5 Å². The molecule has 0 fully saturated rings. The van der Waals surface area contributed by atoms with E-state index in [-0.39, 0.29) is 12.3 Å². The molecule has 4 nitrogen and oxygen atoms in total. The maximum absolute atomic E-state index is 11.9. The standard InChI is InChI=1S/C20H17ClN2O2/c1-14-5-7-15(8-6-14)11-20(24)23-22-13-18-9-10-19(25-18)16-3-2-4-17(21)12-16/h2-10,12-13H,11H2,1H3,(H,23,24)/b22-13-. The Morgan fingerprint density at radius 2 is 1.96 bits per heavy atom. The van der Waals surface area contributed by atoms with Crippen LogP contribution < -0.4 is 5.43 Å². The van der Waals surface area contributed by atoms with Crippen LogP contribution in [0, 0.1) is 6.92 Å². The molecular weight excluding hydrogens is 336 g/mol. The van der Waals surface area contributed by atoms with E-state index in [1.165, 1.54) is 6.21 Å². The fourth-order valence-electron chi connectivity index (χ4n) is 2.32. The number of nitrogens with one attached hydrogen (secondary N) is 1. The van der Waals surface area contributed by atoms with Gasteiger partial charge >= 0.3 is 0 Å². The molecule has 1 amide bonds. The third kappa shape index (κ3) is 4.81. The van der Waals surface area contributed by atoms with Crippen LogP contribution in [-0.2, 0) is 11.2 Å². The topological polar surface area (TPSA) is 54.6 Å². The summed E-state index contributed by atoms with van der Waals surface area (Å²) in [5.74, 6) is 1.06. The first kappa shape index (κ1) is 17.0. The minimum atomic E-state index is -0.179. The molecule has 1 aromatic heterocycles. The minimum absolute atomic E-state index is 0.179. The van der Waals surface area contributed by atoms with Gasteiger partial charge < -0.3 is 4.42 Å². The number of hydrogen-bond donors (Lipinski definition) is 1. The van der Waals surface area contributed by atoms with Crippen LogP contribution in [0.4, 0.5) is 0 Å². The molecule has 126 valence electrons. The summed E-state index contributed by atoms with van der Waals surface area (Å²) in [5.41, 5.74) is 5.49. The Kier molecular flexibility index (Phi) is 5.31. The lowest BCUT2D eigenvalue weighted by atomic mass is 10.1. The van der Waals surface area contributed by atoms with E-state index in [9.17, 15) is 4.79 Å². The van der Waals surface area contributed by atoms with Crippen LogP contribution in [0.2, 0.25) is 5.02 Å². The van der Waals surface area contributed by atoms with Gasteiger partial charge in [-0.15, -0.1) is 0 Å². The molecule has 0 unspecified atom stereocenters. The van der Waals surface area contributed by atoms with Crippen molar-refractivity contribution in [2.24, 2.45) is 5.10 Å². The zero-order chi connectivity index (χ0) is 17.6. The molecule has 0 saturated carbocycles. The van der Waals surface area contributed by atoms with Crippen molar-refractivity contribution in [2.75, 3.05) is 0 Å². The Morgan fingerprint density at radius 1 is 1.16 bits per heavy atom. The first-order valence-corrected chi connectivity index (χ1v) is 8.21. The first-order chi connectivity index (χ1) is 12.1. The Morgan fingerprint density at radius 3 is 2.72 bits per heavy atom. The molecule has 0 atom stereocenters. The number of amides is 1. The van der Waals surface area contributed by atoms with Gasteiger partial charge in [0.05, 0.1) is 12.6 Å². The lowest BCUT2D eigenvalue weighted by Gasteiger charge is -2.00. The maximum Gasteiger partial charge on any atom is 0.244 e. The number of furan rings is 1. The number of hydrogen-bond acceptors (Lipinski definition) is 3. The number of hydrazone groups is 1. The van der Waals surface area contributed by atoms with Crippen molar-refractivity contribution in [1.82, 2.24) is 5.43 Å². The van der Waals surface area contributed by atoms with E-state index in [2.05, 4.69) is 10.5 Å². The van der Waals surface area contributed by atoms with Crippen molar-refractivity contribution in [2.45, 2.75) is 13.3 Å². The van der Waals surface area contributed by atoms with Crippen molar-refractivity contribution in [3.05, 3.63) is 82.6 Å². The van der Waals surface area contributed by atoms with Gasteiger partial charge in [0.1, 0.15) is 11.5 Å². The molecular formula is C20H17ClN2O2. The Labute approximate surface area is 151 Å². The molecule has 0 aliphatic heterocycles. The van der Waals surface area contributed by atoms with Gasteiger partial charge in [0.15, 0.2) is 0 Å². The van der Waals surface area contributed by atoms with Crippen molar-refractivity contribution < 1.29 is 9.21 Å². The molecule has 3 rings (SSSR count). The molecule has 0 saturated heterocycles. The Bertz CT molecular complexity index is 898. The van der Waals surface area contributed by atoms with Crippen LogP contribution >= 0.6 is 11.6 Å². The summed E-state index contributed by atoms with van der Waals surface area (Å²) in [6.45, 7) is 2.01. The second-order valence-electron chi connectivity index (χ2n) is 5.67. The molecule has 3 aromatic rings. The number of carbonyl (C=O) groups excluding carboxylic acids is 1. The summed E-state index contributed by atoms with van der Waals surface area (Å²) in [7, 11) is 0. The maximum atomic E-state index is 11.9. The van der Waals surface area contributed by atoms with E-state index >= 15 is 0 Å². The van der Waals surface area contributed by atoms with Gasteiger partial charge in [-0.1, -0.05) is 53.6 Å². The summed E-state index contributed by atoms with van der Waals surface area (Å²) in [6.07, 6.45) is 1.75. The van der Waals surface area contributed by atoms with E-state index in [1.54, 1.807) is 12.1 Å². The van der Waals surface area contributed by atoms with Gasteiger partial charge in [-0.25, -0.2) is 5.43 Å². The van der Waals surface area contributed by atoms with Crippen LogP contribution in [0.1, 0.15) is 16.9 Å². The molecule has 0 bridgehead atoms. The van der Waals surface area contributed by atoms with Crippen molar-refractivity contribution in [1.29, 1.82) is 0 Å². The highest BCUT2D eigenvalue weighted by Crippen LogP contribution is 2.24. The van der Waals surface area contributed by atoms with Crippen molar-refractivity contribution in [3.63, 3.8) is 0 Å². The van der Waals surface area contributed by atoms with Gasteiger partial charge in [-0.05, 0) is 36.8 Å². The summed E-state index contributed by atoms with van der Waals surface area (Å²) in [4.78, 5) is 11.9. The van der Waals surface area contributed by atoms with E-state index in [4.69, 9.17) is 16.0 Å². The SMILES string of the molecule is Cc1ccc(CC(=O)N/N=C\c2ccc(-c3cccc(Cl)c3)o2)cc1. The highest BCUT2D eigenvalue weighted by molar-refractivity contribution is 6.30. The third-order valence-electron chi connectivity index (χ3n) is 3.60. The molecule has 0 aliphatic carbocycles. The third-order valence-corrected chi connectivity index (χ3v) is 3.84. The molecule has 25 heavy (non-hydrogen) atoms. The van der Waals surface area contributed by atoms with E-state index in [1.807, 2.05) is 55.5 Å². The normalized spacial score (nSPS) is 11.0. The van der Waals surface area contributed by atoms with Crippen molar-refractivity contribution >= 4 is 23.7 Å². The molecule has 0 spiro atoms. The number of nitrogens with zero attached hydrogens (tertiary/aromatic N) is 1. The number of rotatable bonds is 5. The smallest absolute Gasteiger partial charge is 0.244 e. The lowest BCUT2D eigenvalue weighted by Crippen LogP contribution is -2.19. The fraction of sp³-hybridized carbons (Fsp3) is 0.100. The average molecular weight is 353 g/mol. The van der Waals surface area contributed by atoms with Crippen LogP contribution in [0.3, 0.4) is 0 Å². The number of benzene rings is 2. The van der Waals surface area contributed by atoms with Crippen LogP contribution in [-0.4, -0.2) is 12.1 Å². The molecule has 1 heterocycles. The Balaban J connectivity index is 1.57. The van der Waals surface area contributed by atoms with Gasteiger partial charge in [0, 0.05) is 10.6 Å². The number of aryl methyl sites for hydroxylation is 1. The summed E-state index contributed by atoms with van der Waals surface area (Å²) < 4.78 is 5.68.